The van der Waals surface area contributed by atoms with Crippen molar-refractivity contribution in [1.29, 1.82) is 0 Å². The summed E-state index contributed by atoms with van der Waals surface area (Å²) in [5.74, 6) is -0.666. The quantitative estimate of drug-likeness (QED) is 0.677. The fourth-order valence-electron chi connectivity index (χ4n) is 3.68. The zero-order valence-electron chi connectivity index (χ0n) is 17.5. The standard InChI is InChI=1S/C22H25ClN2O4/c1-7-13-8-9-14(28-16-10-12(2)20(23)25-24-16)11-15(13)17-18(26)21(3,4)29-22(5,6)19(17)27/h8-11,17H,7H2,1-6H3. The summed E-state index contributed by atoms with van der Waals surface area (Å²) in [7, 11) is 0. The summed E-state index contributed by atoms with van der Waals surface area (Å²) in [6, 6.07) is 7.08. The Morgan fingerprint density at radius 2 is 1.69 bits per heavy atom. The van der Waals surface area contributed by atoms with E-state index in [9.17, 15) is 9.59 Å². The number of ketones is 2. The molecule has 1 fully saturated rings. The molecule has 1 aliphatic rings. The third-order valence-corrected chi connectivity index (χ3v) is 5.53. The first-order valence-electron chi connectivity index (χ1n) is 9.55. The molecule has 0 radical (unpaired) electrons. The van der Waals surface area contributed by atoms with Crippen molar-refractivity contribution >= 4 is 23.2 Å². The monoisotopic (exact) mass is 416 g/mol. The van der Waals surface area contributed by atoms with Gasteiger partial charge in [0.1, 0.15) is 22.9 Å². The molecule has 3 rings (SSSR count). The summed E-state index contributed by atoms with van der Waals surface area (Å²) in [5.41, 5.74) is 0.158. The lowest BCUT2D eigenvalue weighted by Crippen LogP contribution is -2.58. The normalized spacial score (nSPS) is 18.7. The molecule has 1 aliphatic heterocycles. The third kappa shape index (κ3) is 4.05. The third-order valence-electron chi connectivity index (χ3n) is 5.15. The van der Waals surface area contributed by atoms with Gasteiger partial charge in [-0.3, -0.25) is 9.59 Å². The predicted molar refractivity (Wildman–Crippen MR) is 110 cm³/mol. The molecule has 1 aromatic carbocycles. The van der Waals surface area contributed by atoms with Gasteiger partial charge >= 0.3 is 0 Å². The minimum absolute atomic E-state index is 0.254. The Bertz CT molecular complexity index is 959. The highest BCUT2D eigenvalue weighted by Crippen LogP contribution is 2.40. The average molecular weight is 417 g/mol. The van der Waals surface area contributed by atoms with Gasteiger partial charge in [0, 0.05) is 6.07 Å². The van der Waals surface area contributed by atoms with Crippen LogP contribution in [0.15, 0.2) is 24.3 Å². The number of carbonyl (C=O) groups excluding carboxylic acids is 2. The summed E-state index contributed by atoms with van der Waals surface area (Å²) in [4.78, 5) is 26.3. The van der Waals surface area contributed by atoms with Crippen LogP contribution in [0.1, 0.15) is 57.2 Å². The molecular formula is C22H25ClN2O4. The summed E-state index contributed by atoms with van der Waals surface area (Å²) in [6.07, 6.45) is 0.675. The summed E-state index contributed by atoms with van der Waals surface area (Å²) in [5, 5.41) is 8.09. The number of nitrogens with zero attached hydrogens (tertiary/aromatic N) is 2. The number of benzene rings is 1. The van der Waals surface area contributed by atoms with Crippen LogP contribution in [0, 0.1) is 6.92 Å². The lowest BCUT2D eigenvalue weighted by Gasteiger charge is -2.43. The van der Waals surface area contributed by atoms with Crippen LogP contribution in [-0.2, 0) is 20.7 Å². The molecule has 1 saturated heterocycles. The fraction of sp³-hybridized carbons (Fsp3) is 0.455. The van der Waals surface area contributed by atoms with E-state index in [0.29, 0.717) is 22.9 Å². The van der Waals surface area contributed by atoms with Crippen LogP contribution in [0.5, 0.6) is 11.6 Å². The number of hydrogen-bond acceptors (Lipinski definition) is 6. The molecule has 0 bridgehead atoms. The van der Waals surface area contributed by atoms with Crippen molar-refractivity contribution in [2.24, 2.45) is 0 Å². The SMILES string of the molecule is CCc1ccc(Oc2cc(C)c(Cl)nn2)cc1C1C(=O)C(C)(C)OC(C)(C)C1=O. The number of carbonyl (C=O) groups is 2. The van der Waals surface area contributed by atoms with E-state index in [-0.39, 0.29) is 17.4 Å². The molecule has 29 heavy (non-hydrogen) atoms. The summed E-state index contributed by atoms with van der Waals surface area (Å²) >= 11 is 5.92. The van der Waals surface area contributed by atoms with Gasteiger partial charge in [-0.05, 0) is 69.9 Å². The minimum Gasteiger partial charge on any atom is -0.438 e. The predicted octanol–water partition coefficient (Wildman–Crippen LogP) is 4.60. The molecule has 1 aromatic heterocycles. The van der Waals surface area contributed by atoms with Gasteiger partial charge in [-0.25, -0.2) is 0 Å². The zero-order valence-corrected chi connectivity index (χ0v) is 18.3. The molecule has 7 heteroatoms. The van der Waals surface area contributed by atoms with Gasteiger partial charge in [0.2, 0.25) is 5.88 Å². The molecule has 0 spiro atoms. The topological polar surface area (TPSA) is 78.4 Å². The van der Waals surface area contributed by atoms with Crippen molar-refractivity contribution in [2.75, 3.05) is 0 Å². The highest BCUT2D eigenvalue weighted by molar-refractivity contribution is 6.30. The molecule has 0 amide bonds. The van der Waals surface area contributed by atoms with Gasteiger partial charge in [-0.15, -0.1) is 10.2 Å². The maximum atomic E-state index is 13.1. The first-order chi connectivity index (χ1) is 13.5. The van der Waals surface area contributed by atoms with Gasteiger partial charge in [0.15, 0.2) is 16.7 Å². The number of rotatable bonds is 4. The highest BCUT2D eigenvalue weighted by Gasteiger charge is 2.53. The zero-order chi connectivity index (χ0) is 21.6. The molecule has 2 aromatic rings. The number of hydrogen-bond donors (Lipinski definition) is 0. The van der Waals surface area contributed by atoms with E-state index in [1.165, 1.54) is 0 Å². The molecule has 154 valence electrons. The number of aryl methyl sites for hydroxylation is 2. The maximum absolute atomic E-state index is 13.1. The van der Waals surface area contributed by atoms with E-state index in [0.717, 1.165) is 11.1 Å². The Morgan fingerprint density at radius 1 is 1.07 bits per heavy atom. The highest BCUT2D eigenvalue weighted by atomic mass is 35.5. The van der Waals surface area contributed by atoms with Gasteiger partial charge in [-0.2, -0.15) is 0 Å². The second-order valence-electron chi connectivity index (χ2n) is 8.26. The lowest BCUT2D eigenvalue weighted by molar-refractivity contribution is -0.184. The molecule has 0 unspecified atom stereocenters. The lowest BCUT2D eigenvalue weighted by atomic mass is 9.73. The smallest absolute Gasteiger partial charge is 0.239 e. The van der Waals surface area contributed by atoms with E-state index < -0.39 is 17.1 Å². The number of ether oxygens (including phenoxy) is 2. The molecule has 0 atom stereocenters. The van der Waals surface area contributed by atoms with Crippen LogP contribution < -0.4 is 4.74 Å². The van der Waals surface area contributed by atoms with Crippen LogP contribution in [0.25, 0.3) is 0 Å². The van der Waals surface area contributed by atoms with Crippen LogP contribution in [0.3, 0.4) is 0 Å². The Kier molecular flexibility index (Phi) is 5.54. The molecular weight excluding hydrogens is 392 g/mol. The molecule has 2 heterocycles. The Balaban J connectivity index is 2.05. The molecule has 0 N–H and O–H groups in total. The summed E-state index contributed by atoms with van der Waals surface area (Å²) in [6.45, 7) is 10.6. The van der Waals surface area contributed by atoms with Crippen molar-refractivity contribution in [3.63, 3.8) is 0 Å². The average Bonchev–Trinajstić information content (AvgIpc) is 2.63. The van der Waals surface area contributed by atoms with Gasteiger partial charge in [0.05, 0.1) is 0 Å². The van der Waals surface area contributed by atoms with Gasteiger partial charge in [-0.1, -0.05) is 24.6 Å². The van der Waals surface area contributed by atoms with Crippen molar-refractivity contribution in [2.45, 2.75) is 65.1 Å². The van der Waals surface area contributed by atoms with E-state index in [1.54, 1.807) is 52.8 Å². The van der Waals surface area contributed by atoms with Crippen molar-refractivity contribution < 1.29 is 19.1 Å². The van der Waals surface area contributed by atoms with Crippen LogP contribution in [-0.4, -0.2) is 33.0 Å². The molecule has 6 nitrogen and oxygen atoms in total. The number of halogens is 1. The van der Waals surface area contributed by atoms with Crippen molar-refractivity contribution in [3.8, 4) is 11.6 Å². The van der Waals surface area contributed by atoms with E-state index >= 15 is 0 Å². The Hall–Kier alpha value is -2.31. The molecule has 0 saturated carbocycles. The van der Waals surface area contributed by atoms with Crippen molar-refractivity contribution in [1.82, 2.24) is 10.2 Å². The first kappa shape index (κ1) is 21.4. The molecule has 0 aliphatic carbocycles. The van der Waals surface area contributed by atoms with Gasteiger partial charge < -0.3 is 9.47 Å². The minimum atomic E-state index is -1.07. The van der Waals surface area contributed by atoms with E-state index in [4.69, 9.17) is 21.1 Å². The second-order valence-corrected chi connectivity index (χ2v) is 8.61. The number of Topliss-reactive ketones (excluding diaryl/α,β-unsaturated/α-hetero) is 2. The largest absolute Gasteiger partial charge is 0.438 e. The fourth-order valence-corrected chi connectivity index (χ4v) is 3.77. The van der Waals surface area contributed by atoms with Crippen LogP contribution in [0.4, 0.5) is 0 Å². The van der Waals surface area contributed by atoms with Crippen LogP contribution in [0.2, 0.25) is 5.15 Å². The van der Waals surface area contributed by atoms with E-state index in [2.05, 4.69) is 10.2 Å². The number of aromatic nitrogens is 2. The Labute approximate surface area is 175 Å². The Morgan fingerprint density at radius 3 is 2.24 bits per heavy atom. The second kappa shape index (κ2) is 7.50. The van der Waals surface area contributed by atoms with Crippen molar-refractivity contribution in [3.05, 3.63) is 46.1 Å². The van der Waals surface area contributed by atoms with E-state index in [1.807, 2.05) is 13.0 Å². The summed E-state index contributed by atoms with van der Waals surface area (Å²) < 4.78 is 11.6. The van der Waals surface area contributed by atoms with Crippen LogP contribution >= 0.6 is 11.6 Å². The van der Waals surface area contributed by atoms with Gasteiger partial charge in [0.25, 0.3) is 0 Å². The maximum Gasteiger partial charge on any atom is 0.239 e. The first-order valence-corrected chi connectivity index (χ1v) is 9.93.